The molecule has 6 heteroatoms. The second kappa shape index (κ2) is 10.9. The van der Waals surface area contributed by atoms with E-state index in [1.165, 1.54) is 86.4 Å². The fourth-order valence-corrected chi connectivity index (χ4v) is 12.4. The van der Waals surface area contributed by atoms with Crippen molar-refractivity contribution in [1.29, 1.82) is 0 Å². The Morgan fingerprint density at radius 1 is 0.412 bits per heavy atom. The van der Waals surface area contributed by atoms with Crippen molar-refractivity contribution < 1.29 is 0 Å². The molecule has 2 aromatic heterocycles. The fraction of sp³-hybridized carbons (Fsp3) is 0.400. The third kappa shape index (κ3) is 4.50. The standard InChI is InChI=1S/C45H44N6/c1-3-13-41-39(11-1)40-12-2-4-14-42(40)51(41)45-47-43(31-7-5-9-33(25-31)49-35-17-27-15-28(19-35)20-36(49)18-27)46-44(48-45)32-8-6-10-34(26-32)50-37-21-29-16-30(23-37)24-38(50)22-29/h1-14,25-30,35-38H,15-24H2. The number of aromatic nitrogens is 4. The summed E-state index contributed by atoms with van der Waals surface area (Å²) < 4.78 is 2.25. The number of fused-ring (bicyclic) bond motifs is 3. The van der Waals surface area contributed by atoms with E-state index in [9.17, 15) is 0 Å². The second-order valence-corrected chi connectivity index (χ2v) is 17.0. The van der Waals surface area contributed by atoms with Crippen LogP contribution < -0.4 is 9.80 Å². The van der Waals surface area contributed by atoms with Crippen molar-refractivity contribution in [3.63, 3.8) is 0 Å². The molecule has 8 aliphatic rings. The molecule has 6 nitrogen and oxygen atoms in total. The van der Waals surface area contributed by atoms with Gasteiger partial charge in [-0.3, -0.25) is 4.57 Å². The molecule has 0 atom stereocenters. The summed E-state index contributed by atoms with van der Waals surface area (Å²) in [6.45, 7) is 0. The molecule has 4 aromatic carbocycles. The molecule has 14 rings (SSSR count). The van der Waals surface area contributed by atoms with Crippen molar-refractivity contribution in [3.8, 4) is 28.7 Å². The summed E-state index contributed by atoms with van der Waals surface area (Å²) in [5.74, 6) is 5.87. The summed E-state index contributed by atoms with van der Waals surface area (Å²) in [5.41, 5.74) is 7.02. The molecule has 0 amide bonds. The number of piperidine rings is 4. The quantitative estimate of drug-likeness (QED) is 0.183. The smallest absolute Gasteiger partial charge is 0.238 e. The van der Waals surface area contributed by atoms with Crippen molar-refractivity contribution in [2.45, 2.75) is 88.4 Å². The molecule has 6 heterocycles. The predicted octanol–water partition coefficient (Wildman–Crippen LogP) is 9.84. The molecule has 8 bridgehead atoms. The van der Waals surface area contributed by atoms with Gasteiger partial charge in [-0.1, -0.05) is 60.7 Å². The normalized spacial score (nSPS) is 30.3. The van der Waals surface area contributed by atoms with E-state index in [2.05, 4.69) is 111 Å². The summed E-state index contributed by atoms with van der Waals surface area (Å²) in [5, 5.41) is 2.43. The van der Waals surface area contributed by atoms with Crippen LogP contribution in [0.25, 0.3) is 50.5 Å². The van der Waals surface area contributed by atoms with E-state index in [0.29, 0.717) is 30.1 Å². The van der Waals surface area contributed by atoms with Crippen LogP contribution in [0.15, 0.2) is 97.1 Å². The summed E-state index contributed by atoms with van der Waals surface area (Å²) in [4.78, 5) is 21.5. The maximum absolute atomic E-state index is 5.33. The molecular weight excluding hydrogens is 625 g/mol. The van der Waals surface area contributed by atoms with Gasteiger partial charge in [-0.25, -0.2) is 4.98 Å². The molecule has 0 spiro atoms. The Bertz CT molecular complexity index is 2130. The Kier molecular flexibility index (Phi) is 6.18. The third-order valence-corrected chi connectivity index (χ3v) is 14.0. The van der Waals surface area contributed by atoms with Gasteiger partial charge in [0.2, 0.25) is 5.95 Å². The molecule has 4 saturated carbocycles. The summed E-state index contributed by atoms with van der Waals surface area (Å²) in [6.07, 6.45) is 13.7. The van der Waals surface area contributed by atoms with Gasteiger partial charge in [0, 0.05) is 57.4 Å². The lowest BCUT2D eigenvalue weighted by atomic mass is 9.63. The van der Waals surface area contributed by atoms with E-state index in [4.69, 9.17) is 15.0 Å². The monoisotopic (exact) mass is 668 g/mol. The van der Waals surface area contributed by atoms with E-state index < -0.39 is 0 Å². The number of nitrogens with zero attached hydrogens (tertiary/aromatic N) is 6. The summed E-state index contributed by atoms with van der Waals surface area (Å²) in [7, 11) is 0. The Morgan fingerprint density at radius 3 is 1.25 bits per heavy atom. The van der Waals surface area contributed by atoms with Crippen LogP contribution in [0.5, 0.6) is 0 Å². The first-order valence-electron chi connectivity index (χ1n) is 19.7. The minimum atomic E-state index is 0.668. The molecule has 254 valence electrons. The first kappa shape index (κ1) is 28.9. The van der Waals surface area contributed by atoms with Crippen LogP contribution in [-0.4, -0.2) is 43.7 Å². The second-order valence-electron chi connectivity index (χ2n) is 17.0. The molecule has 0 N–H and O–H groups in total. The number of rotatable bonds is 5. The van der Waals surface area contributed by atoms with E-state index in [-0.39, 0.29) is 0 Å². The molecule has 51 heavy (non-hydrogen) atoms. The first-order valence-corrected chi connectivity index (χ1v) is 19.7. The van der Waals surface area contributed by atoms with Crippen molar-refractivity contribution >= 4 is 33.2 Å². The number of para-hydroxylation sites is 2. The Balaban J connectivity index is 1.01. The average molecular weight is 669 g/mol. The molecule has 4 saturated heterocycles. The highest BCUT2D eigenvalue weighted by atomic mass is 15.2. The van der Waals surface area contributed by atoms with E-state index >= 15 is 0 Å². The van der Waals surface area contributed by atoms with Crippen LogP contribution in [0.4, 0.5) is 11.4 Å². The highest BCUT2D eigenvalue weighted by molar-refractivity contribution is 6.09. The predicted molar refractivity (Wildman–Crippen MR) is 205 cm³/mol. The minimum Gasteiger partial charge on any atom is -0.366 e. The van der Waals surface area contributed by atoms with Crippen LogP contribution in [0.3, 0.4) is 0 Å². The topological polar surface area (TPSA) is 50.1 Å². The molecule has 4 aliphatic carbocycles. The van der Waals surface area contributed by atoms with E-state index in [1.807, 2.05) is 0 Å². The van der Waals surface area contributed by atoms with E-state index in [0.717, 1.165) is 57.5 Å². The lowest BCUT2D eigenvalue weighted by Crippen LogP contribution is -2.58. The molecule has 6 aromatic rings. The fourth-order valence-electron chi connectivity index (χ4n) is 12.4. The molecule has 0 radical (unpaired) electrons. The number of hydrogen-bond donors (Lipinski definition) is 0. The first-order chi connectivity index (χ1) is 25.2. The largest absolute Gasteiger partial charge is 0.366 e. The summed E-state index contributed by atoms with van der Waals surface area (Å²) >= 11 is 0. The maximum atomic E-state index is 5.33. The third-order valence-electron chi connectivity index (χ3n) is 14.0. The highest BCUT2D eigenvalue weighted by Gasteiger charge is 2.48. The number of anilines is 2. The van der Waals surface area contributed by atoms with Crippen molar-refractivity contribution in [1.82, 2.24) is 19.5 Å². The highest BCUT2D eigenvalue weighted by Crippen LogP contribution is 2.52. The van der Waals surface area contributed by atoms with E-state index in [1.54, 1.807) is 0 Å². The maximum Gasteiger partial charge on any atom is 0.238 e. The lowest BCUT2D eigenvalue weighted by molar-refractivity contribution is 0.0899. The number of benzene rings is 4. The van der Waals surface area contributed by atoms with Crippen LogP contribution in [0, 0.1) is 23.7 Å². The van der Waals surface area contributed by atoms with Gasteiger partial charge < -0.3 is 9.80 Å². The Hall–Kier alpha value is -4.71. The molecule has 0 unspecified atom stereocenters. The minimum absolute atomic E-state index is 0.668. The average Bonchev–Trinajstić information content (AvgIpc) is 3.49. The van der Waals surface area contributed by atoms with Gasteiger partial charge in [0.05, 0.1) is 11.0 Å². The van der Waals surface area contributed by atoms with Crippen molar-refractivity contribution in [3.05, 3.63) is 97.1 Å². The van der Waals surface area contributed by atoms with Crippen molar-refractivity contribution in [2.75, 3.05) is 9.80 Å². The van der Waals surface area contributed by atoms with Gasteiger partial charge in [-0.15, -0.1) is 0 Å². The Morgan fingerprint density at radius 2 is 0.824 bits per heavy atom. The van der Waals surface area contributed by atoms with Gasteiger partial charge in [0.25, 0.3) is 0 Å². The summed E-state index contributed by atoms with van der Waals surface area (Å²) in [6, 6.07) is 38.2. The number of hydrogen-bond acceptors (Lipinski definition) is 5. The SMILES string of the molecule is c1cc(-c2nc(-c3cccc(N4C5CC6CC(C5)CC4C6)c3)nc(-n3c4ccccc4c4ccccc43)n2)cc(N2C3CC4CC(C3)CC2C4)c1. The zero-order valence-electron chi connectivity index (χ0n) is 29.1. The van der Waals surface area contributed by atoms with Crippen LogP contribution >= 0.6 is 0 Å². The van der Waals surface area contributed by atoms with Gasteiger partial charge in [0.1, 0.15) is 0 Å². The van der Waals surface area contributed by atoms with Gasteiger partial charge in [0.15, 0.2) is 11.6 Å². The lowest BCUT2D eigenvalue weighted by Gasteiger charge is -2.57. The van der Waals surface area contributed by atoms with Crippen LogP contribution in [-0.2, 0) is 0 Å². The van der Waals surface area contributed by atoms with Crippen LogP contribution in [0.2, 0.25) is 0 Å². The Labute approximate surface area is 299 Å². The molecule has 8 fully saturated rings. The van der Waals surface area contributed by atoms with Gasteiger partial charge in [-0.05, 0) is 124 Å². The van der Waals surface area contributed by atoms with Gasteiger partial charge >= 0.3 is 0 Å². The zero-order valence-corrected chi connectivity index (χ0v) is 29.1. The van der Waals surface area contributed by atoms with Crippen molar-refractivity contribution in [2.24, 2.45) is 23.7 Å². The molecular formula is C45H44N6. The van der Waals surface area contributed by atoms with Crippen LogP contribution in [0.1, 0.15) is 64.2 Å². The molecule has 4 aliphatic heterocycles. The van der Waals surface area contributed by atoms with Gasteiger partial charge in [-0.2, -0.15) is 9.97 Å². The zero-order chi connectivity index (χ0) is 33.2.